The van der Waals surface area contributed by atoms with Gasteiger partial charge in [0.25, 0.3) is 5.91 Å². The van der Waals surface area contributed by atoms with E-state index in [2.05, 4.69) is 25.2 Å². The number of rotatable bonds is 11. The van der Waals surface area contributed by atoms with Crippen LogP contribution >= 0.6 is 11.6 Å². The summed E-state index contributed by atoms with van der Waals surface area (Å²) in [4.78, 5) is 22.4. The largest absolute Gasteiger partial charge is 0.434 e. The summed E-state index contributed by atoms with van der Waals surface area (Å²) < 4.78 is 34.7. The van der Waals surface area contributed by atoms with E-state index in [1.165, 1.54) is 35.3 Å². The van der Waals surface area contributed by atoms with Crippen LogP contribution in [0.25, 0.3) is 16.9 Å². The molecule has 2 fully saturated rings. The molecule has 0 radical (unpaired) electrons. The van der Waals surface area contributed by atoms with Crippen LogP contribution in [0.3, 0.4) is 0 Å². The number of nitrogens with one attached hydrogen (secondary N) is 1. The lowest BCUT2D eigenvalue weighted by Gasteiger charge is -2.33. The van der Waals surface area contributed by atoms with E-state index in [9.17, 15) is 18.7 Å². The van der Waals surface area contributed by atoms with E-state index in [1.54, 1.807) is 23.1 Å². The molecule has 1 amide bonds. The number of carbonyl (C=O) groups is 1. The molecule has 12 nitrogen and oxygen atoms in total. The van der Waals surface area contributed by atoms with Crippen LogP contribution in [0.15, 0.2) is 42.9 Å². The van der Waals surface area contributed by atoms with Crippen molar-refractivity contribution in [2.45, 2.75) is 63.8 Å². The summed E-state index contributed by atoms with van der Waals surface area (Å²) in [6.45, 7) is 1.43. The van der Waals surface area contributed by atoms with Crippen molar-refractivity contribution in [3.05, 3.63) is 53.4 Å². The molecule has 0 aliphatic carbocycles. The molecule has 0 spiro atoms. The zero-order chi connectivity index (χ0) is 32.2. The van der Waals surface area contributed by atoms with Crippen LogP contribution in [0.4, 0.5) is 20.3 Å². The number of anilines is 2. The Hall–Kier alpha value is -3.85. The van der Waals surface area contributed by atoms with Gasteiger partial charge in [-0.15, -0.1) is 5.10 Å². The smallest absolute Gasteiger partial charge is 0.387 e. The zero-order valence-electron chi connectivity index (χ0n) is 25.4. The average Bonchev–Trinajstić information content (AvgIpc) is 3.62. The number of hydrogen-bond donors (Lipinski definition) is 3. The Morgan fingerprint density at radius 2 is 1.93 bits per heavy atom. The van der Waals surface area contributed by atoms with Gasteiger partial charge in [-0.25, -0.2) is 9.50 Å². The highest BCUT2D eigenvalue weighted by Crippen LogP contribution is 2.38. The maximum atomic E-state index is 13.6. The highest BCUT2D eigenvalue weighted by molar-refractivity contribution is 6.31. The van der Waals surface area contributed by atoms with Crippen LogP contribution in [0, 0.1) is 0 Å². The first-order chi connectivity index (χ1) is 22.3. The van der Waals surface area contributed by atoms with Crippen LogP contribution in [0.1, 0.15) is 61.3 Å². The standard InChI is InChI=1S/C31H38ClF2N9O3/c32-20-7-8-24(46-31(33)34)22(18-20)27-23(37-30(45)26-28(35)39-42-15-5-11-36-29(26)42)19-43(38-27)21-9-16-40(17-10-21)12-4-6-25(44)41-13-2-1-3-14-41/h5,7-8,11,15,18-19,21,25,31,44H,1-4,6,9-10,12-14,16-17H2,(H2,35,39)(H,37,45). The van der Waals surface area contributed by atoms with Crippen molar-refractivity contribution in [3.63, 3.8) is 0 Å². The van der Waals surface area contributed by atoms with Gasteiger partial charge < -0.3 is 25.8 Å². The minimum Gasteiger partial charge on any atom is -0.434 e. The van der Waals surface area contributed by atoms with Crippen molar-refractivity contribution >= 4 is 34.7 Å². The lowest BCUT2D eigenvalue weighted by Crippen LogP contribution is -2.40. The maximum Gasteiger partial charge on any atom is 0.387 e. The second-order valence-electron chi connectivity index (χ2n) is 11.8. The summed E-state index contributed by atoms with van der Waals surface area (Å²) in [5, 5.41) is 22.7. The van der Waals surface area contributed by atoms with Gasteiger partial charge in [-0.2, -0.15) is 13.9 Å². The number of aromatic nitrogens is 5. The third-order valence-corrected chi connectivity index (χ3v) is 8.96. The molecule has 0 bridgehead atoms. The zero-order valence-corrected chi connectivity index (χ0v) is 26.1. The Morgan fingerprint density at radius 3 is 2.70 bits per heavy atom. The number of hydrogen-bond acceptors (Lipinski definition) is 9. The summed E-state index contributed by atoms with van der Waals surface area (Å²) in [7, 11) is 0. The summed E-state index contributed by atoms with van der Waals surface area (Å²) in [6.07, 6.45) is 11.3. The molecule has 4 aromatic rings. The first-order valence-corrected chi connectivity index (χ1v) is 16.0. The average molecular weight is 658 g/mol. The van der Waals surface area contributed by atoms with Crippen molar-refractivity contribution in [3.8, 4) is 17.0 Å². The number of aliphatic hydroxyl groups is 1. The van der Waals surface area contributed by atoms with Crippen molar-refractivity contribution in [2.75, 3.05) is 43.8 Å². The van der Waals surface area contributed by atoms with Gasteiger partial charge in [0, 0.05) is 55.4 Å². The molecule has 2 aliphatic heterocycles. The highest BCUT2D eigenvalue weighted by atomic mass is 35.5. The molecular formula is C31H38ClF2N9O3. The van der Waals surface area contributed by atoms with Crippen LogP contribution in [0.5, 0.6) is 5.75 Å². The van der Waals surface area contributed by atoms with Crippen molar-refractivity contribution < 1.29 is 23.4 Å². The lowest BCUT2D eigenvalue weighted by molar-refractivity contribution is -0.0494. The number of amides is 1. The van der Waals surface area contributed by atoms with E-state index in [1.807, 2.05) is 0 Å². The predicted molar refractivity (Wildman–Crippen MR) is 170 cm³/mol. The van der Waals surface area contributed by atoms with Crippen LogP contribution in [-0.2, 0) is 0 Å². The number of carbonyl (C=O) groups excluding carboxylic acids is 1. The number of nitrogens with two attached hydrogens (primary N) is 1. The third kappa shape index (κ3) is 7.25. The highest BCUT2D eigenvalue weighted by Gasteiger charge is 2.27. The van der Waals surface area contributed by atoms with Gasteiger partial charge in [-0.3, -0.25) is 14.4 Å². The van der Waals surface area contributed by atoms with E-state index in [4.69, 9.17) is 27.2 Å². The quantitative estimate of drug-likeness (QED) is 0.205. The van der Waals surface area contributed by atoms with Gasteiger partial charge >= 0.3 is 6.61 Å². The molecule has 1 aromatic carbocycles. The summed E-state index contributed by atoms with van der Waals surface area (Å²) in [6, 6.07) is 5.94. The Bertz CT molecular complexity index is 1650. The number of nitrogens with zero attached hydrogens (tertiary/aromatic N) is 7. The van der Waals surface area contributed by atoms with Crippen LogP contribution < -0.4 is 15.8 Å². The number of piperidine rings is 2. The number of fused-ring (bicyclic) bond motifs is 1. The van der Waals surface area contributed by atoms with Gasteiger partial charge in [-0.1, -0.05) is 18.0 Å². The fourth-order valence-corrected chi connectivity index (χ4v) is 6.54. The second kappa shape index (κ2) is 14.3. The molecule has 15 heteroatoms. The van der Waals surface area contributed by atoms with Crippen LogP contribution in [0.2, 0.25) is 5.02 Å². The molecule has 0 saturated carbocycles. The van der Waals surface area contributed by atoms with Crippen molar-refractivity contribution in [1.29, 1.82) is 0 Å². The molecule has 4 N–H and O–H groups in total. The summed E-state index contributed by atoms with van der Waals surface area (Å²) in [5.74, 6) is -0.712. The molecule has 5 heterocycles. The molecule has 46 heavy (non-hydrogen) atoms. The second-order valence-corrected chi connectivity index (χ2v) is 12.2. The Kier molecular flexibility index (Phi) is 9.97. The summed E-state index contributed by atoms with van der Waals surface area (Å²) >= 11 is 6.28. The van der Waals surface area contributed by atoms with Gasteiger partial charge in [-0.05, 0) is 69.3 Å². The Balaban J connectivity index is 1.20. The summed E-state index contributed by atoms with van der Waals surface area (Å²) in [5.41, 5.74) is 7.14. The van der Waals surface area contributed by atoms with E-state index < -0.39 is 12.5 Å². The predicted octanol–water partition coefficient (Wildman–Crippen LogP) is 4.90. The molecule has 6 rings (SSSR count). The van der Waals surface area contributed by atoms with Crippen molar-refractivity contribution in [1.82, 2.24) is 34.2 Å². The van der Waals surface area contributed by atoms with Gasteiger partial charge in [0.15, 0.2) is 11.5 Å². The van der Waals surface area contributed by atoms with Crippen LogP contribution in [-0.4, -0.2) is 90.8 Å². The Labute approximate surface area is 270 Å². The Morgan fingerprint density at radius 1 is 1.15 bits per heavy atom. The number of alkyl halides is 2. The first-order valence-electron chi connectivity index (χ1n) is 15.7. The number of aliphatic hydroxyl groups excluding tert-OH is 1. The maximum absolute atomic E-state index is 13.6. The normalized spacial score (nSPS) is 17.5. The molecule has 1 unspecified atom stereocenters. The lowest BCUT2D eigenvalue weighted by atomic mass is 10.0. The minimum absolute atomic E-state index is 0.00181. The molecule has 3 aromatic heterocycles. The fourth-order valence-electron chi connectivity index (χ4n) is 6.37. The van der Waals surface area contributed by atoms with Gasteiger partial charge in [0.1, 0.15) is 23.2 Å². The van der Waals surface area contributed by atoms with E-state index >= 15 is 0 Å². The molecule has 2 aliphatic rings. The fraction of sp³-hybridized carbons (Fsp3) is 0.484. The SMILES string of the molecule is Nc1nn2cccnc2c1C(=O)Nc1cn(C2CCN(CCCC(O)N3CCCCC3)CC2)nc1-c1cc(Cl)ccc1OC(F)F. The molecule has 246 valence electrons. The van der Waals surface area contributed by atoms with Gasteiger partial charge in [0.2, 0.25) is 0 Å². The minimum atomic E-state index is -3.07. The molecular weight excluding hydrogens is 620 g/mol. The first kappa shape index (κ1) is 32.1. The molecule has 1 atom stereocenters. The van der Waals surface area contributed by atoms with E-state index in [0.717, 1.165) is 71.2 Å². The van der Waals surface area contributed by atoms with Gasteiger partial charge in [0.05, 0.1) is 11.7 Å². The third-order valence-electron chi connectivity index (χ3n) is 8.72. The molecule has 2 saturated heterocycles. The number of nitrogen functional groups attached to an aromatic ring is 1. The van der Waals surface area contributed by atoms with E-state index in [0.29, 0.717) is 5.02 Å². The van der Waals surface area contributed by atoms with E-state index in [-0.39, 0.29) is 52.0 Å². The number of benzene rings is 1. The number of likely N-dealkylation sites (tertiary alicyclic amines) is 2. The monoisotopic (exact) mass is 657 g/mol. The topological polar surface area (TPSA) is 139 Å². The van der Waals surface area contributed by atoms with Crippen molar-refractivity contribution in [2.24, 2.45) is 0 Å². The number of ether oxygens (including phenoxy) is 1. The number of halogens is 3.